The molecule has 2 rings (SSSR count). The lowest BCUT2D eigenvalue weighted by Crippen LogP contribution is -2.37. The Hall–Kier alpha value is -2.90. The van der Waals surface area contributed by atoms with Crippen molar-refractivity contribution in [1.29, 1.82) is 0 Å². The molecular formula is C21H24N2O. The largest absolute Gasteiger partial charge is 0.345 e. The van der Waals surface area contributed by atoms with E-state index in [1.54, 1.807) is 30.6 Å². The molecular weight excluding hydrogens is 296 g/mol. The molecule has 1 aromatic heterocycles. The van der Waals surface area contributed by atoms with Crippen LogP contribution in [0.2, 0.25) is 0 Å². The SMILES string of the molecule is C=C/C=C(\C=C/C)C1=C=C(C(CC=C)NC(=O)c2cccnc2)C1.[HH]. The van der Waals surface area contributed by atoms with E-state index in [1.165, 1.54) is 0 Å². The van der Waals surface area contributed by atoms with Crippen molar-refractivity contribution in [2.45, 2.75) is 25.8 Å². The zero-order valence-electron chi connectivity index (χ0n) is 14.0. The molecule has 1 aliphatic carbocycles. The van der Waals surface area contributed by atoms with E-state index in [1.807, 2.05) is 31.2 Å². The minimum absolute atomic E-state index is 0. The second-order valence-electron chi connectivity index (χ2n) is 5.46. The van der Waals surface area contributed by atoms with Crippen LogP contribution in [0.25, 0.3) is 0 Å². The second kappa shape index (κ2) is 8.66. The molecule has 3 nitrogen and oxygen atoms in total. The number of amides is 1. The van der Waals surface area contributed by atoms with E-state index in [4.69, 9.17) is 0 Å². The quantitative estimate of drug-likeness (QED) is 0.434. The molecule has 1 N–H and O–H groups in total. The Balaban J connectivity index is 0.00000312. The van der Waals surface area contributed by atoms with Crippen LogP contribution in [-0.4, -0.2) is 16.9 Å². The van der Waals surface area contributed by atoms with Crippen molar-refractivity contribution in [2.24, 2.45) is 0 Å². The van der Waals surface area contributed by atoms with Gasteiger partial charge in [-0.3, -0.25) is 9.78 Å². The summed E-state index contributed by atoms with van der Waals surface area (Å²) in [6.45, 7) is 9.51. The summed E-state index contributed by atoms with van der Waals surface area (Å²) in [7, 11) is 0. The average molecular weight is 320 g/mol. The van der Waals surface area contributed by atoms with E-state index in [0.717, 1.165) is 23.1 Å². The van der Waals surface area contributed by atoms with E-state index in [0.29, 0.717) is 12.0 Å². The highest BCUT2D eigenvalue weighted by atomic mass is 16.1. The molecule has 0 saturated carbocycles. The zero-order valence-corrected chi connectivity index (χ0v) is 14.0. The Bertz CT molecular complexity index is 753. The molecule has 1 aromatic rings. The first-order valence-corrected chi connectivity index (χ1v) is 7.95. The standard InChI is InChI=1S/C21H22N2O.H2/c1-4-8-16(9-5-2)18-13-19(14-18)20(10-6-3)23-21(24)17-11-7-12-22-15-17;/h4-9,11-12,15,20H,1,3,10,13H2,2H3,(H,23,24);1H/b9-5-,16-8+;. The Morgan fingerprint density at radius 1 is 1.54 bits per heavy atom. The van der Waals surface area contributed by atoms with E-state index >= 15 is 0 Å². The van der Waals surface area contributed by atoms with E-state index in [-0.39, 0.29) is 13.4 Å². The van der Waals surface area contributed by atoms with Gasteiger partial charge in [0.25, 0.3) is 5.91 Å². The summed E-state index contributed by atoms with van der Waals surface area (Å²) < 4.78 is 0. The van der Waals surface area contributed by atoms with Gasteiger partial charge in [-0.2, -0.15) is 0 Å². The highest BCUT2D eigenvalue weighted by Crippen LogP contribution is 2.30. The molecule has 24 heavy (non-hydrogen) atoms. The van der Waals surface area contributed by atoms with Gasteiger partial charge in [0, 0.05) is 25.8 Å². The van der Waals surface area contributed by atoms with Gasteiger partial charge in [0.1, 0.15) is 0 Å². The number of allylic oxidation sites excluding steroid dienone is 5. The van der Waals surface area contributed by atoms with Crippen LogP contribution < -0.4 is 5.32 Å². The number of carbonyl (C=O) groups is 1. The van der Waals surface area contributed by atoms with Crippen molar-refractivity contribution in [3.63, 3.8) is 0 Å². The van der Waals surface area contributed by atoms with Crippen LogP contribution in [0, 0.1) is 0 Å². The van der Waals surface area contributed by atoms with Crippen molar-refractivity contribution >= 4 is 5.91 Å². The van der Waals surface area contributed by atoms with E-state index in [9.17, 15) is 4.79 Å². The molecule has 124 valence electrons. The second-order valence-corrected chi connectivity index (χ2v) is 5.46. The molecule has 0 bridgehead atoms. The fourth-order valence-electron chi connectivity index (χ4n) is 2.51. The number of nitrogens with zero attached hydrogens (tertiary/aromatic N) is 1. The molecule has 0 radical (unpaired) electrons. The number of nitrogens with one attached hydrogen (secondary N) is 1. The summed E-state index contributed by atoms with van der Waals surface area (Å²) in [5.41, 5.74) is 7.25. The number of hydrogen-bond acceptors (Lipinski definition) is 2. The summed E-state index contributed by atoms with van der Waals surface area (Å²) in [6.07, 6.45) is 14.3. The van der Waals surface area contributed by atoms with Crippen LogP contribution in [0.3, 0.4) is 0 Å². The maximum absolute atomic E-state index is 12.3. The topological polar surface area (TPSA) is 42.0 Å². The Labute approximate surface area is 145 Å². The third-order valence-corrected chi connectivity index (χ3v) is 3.72. The fraction of sp³-hybridized carbons (Fsp3) is 0.190. The molecule has 1 amide bonds. The summed E-state index contributed by atoms with van der Waals surface area (Å²) in [5.74, 6) is -0.131. The van der Waals surface area contributed by atoms with Crippen LogP contribution in [0.4, 0.5) is 0 Å². The Kier molecular flexibility index (Phi) is 6.30. The highest BCUT2D eigenvalue weighted by molar-refractivity contribution is 5.94. The lowest BCUT2D eigenvalue weighted by molar-refractivity contribution is 0.0942. The number of pyridine rings is 1. The maximum Gasteiger partial charge on any atom is 0.253 e. The van der Waals surface area contributed by atoms with Gasteiger partial charge in [-0.25, -0.2) is 0 Å². The number of carbonyl (C=O) groups excluding carboxylic acids is 1. The third-order valence-electron chi connectivity index (χ3n) is 3.72. The normalized spacial score (nSPS) is 15.1. The molecule has 3 heteroatoms. The first-order valence-electron chi connectivity index (χ1n) is 7.95. The van der Waals surface area contributed by atoms with Gasteiger partial charge >= 0.3 is 0 Å². The van der Waals surface area contributed by atoms with Gasteiger partial charge in [-0.05, 0) is 36.6 Å². The van der Waals surface area contributed by atoms with Crippen LogP contribution in [-0.2, 0) is 0 Å². The van der Waals surface area contributed by atoms with E-state index in [2.05, 4.69) is 29.2 Å². The molecule has 1 unspecified atom stereocenters. The fourth-order valence-corrected chi connectivity index (χ4v) is 2.51. The molecule has 1 heterocycles. The minimum Gasteiger partial charge on any atom is -0.345 e. The van der Waals surface area contributed by atoms with Gasteiger partial charge in [-0.15, -0.1) is 12.3 Å². The molecule has 1 atom stereocenters. The van der Waals surface area contributed by atoms with Crippen LogP contribution in [0.1, 0.15) is 31.6 Å². The molecule has 0 aromatic carbocycles. The smallest absolute Gasteiger partial charge is 0.253 e. The summed E-state index contributed by atoms with van der Waals surface area (Å²) in [4.78, 5) is 16.3. The van der Waals surface area contributed by atoms with Gasteiger partial charge in [0.05, 0.1) is 11.6 Å². The molecule has 1 aliphatic rings. The first kappa shape index (κ1) is 17.5. The van der Waals surface area contributed by atoms with Crippen LogP contribution in [0.15, 0.2) is 90.5 Å². The lowest BCUT2D eigenvalue weighted by atomic mass is 9.85. The van der Waals surface area contributed by atoms with Crippen molar-refractivity contribution in [2.75, 3.05) is 0 Å². The number of aromatic nitrogens is 1. The predicted octanol–water partition coefficient (Wildman–Crippen LogP) is 4.55. The summed E-state index contributed by atoms with van der Waals surface area (Å²) >= 11 is 0. The molecule has 0 spiro atoms. The third kappa shape index (κ3) is 4.31. The lowest BCUT2D eigenvalue weighted by Gasteiger charge is -2.25. The summed E-state index contributed by atoms with van der Waals surface area (Å²) in [6, 6.07) is 3.41. The highest BCUT2D eigenvalue weighted by Gasteiger charge is 2.23. The zero-order chi connectivity index (χ0) is 17.4. The average Bonchev–Trinajstić information content (AvgIpc) is 2.55. The minimum atomic E-state index is -0.131. The molecule has 0 saturated heterocycles. The van der Waals surface area contributed by atoms with Crippen LogP contribution in [0.5, 0.6) is 0 Å². The Morgan fingerprint density at radius 2 is 2.33 bits per heavy atom. The Morgan fingerprint density at radius 3 is 2.92 bits per heavy atom. The van der Waals surface area contributed by atoms with Gasteiger partial charge in [0.15, 0.2) is 0 Å². The van der Waals surface area contributed by atoms with Crippen molar-refractivity contribution in [3.8, 4) is 0 Å². The number of hydrogen-bond donors (Lipinski definition) is 1. The predicted molar refractivity (Wildman–Crippen MR) is 101 cm³/mol. The molecule has 0 aliphatic heterocycles. The monoisotopic (exact) mass is 320 g/mol. The maximum atomic E-state index is 12.3. The van der Waals surface area contributed by atoms with Gasteiger partial charge < -0.3 is 5.32 Å². The first-order chi connectivity index (χ1) is 11.7. The number of rotatable bonds is 8. The van der Waals surface area contributed by atoms with Crippen molar-refractivity contribution < 1.29 is 6.22 Å². The van der Waals surface area contributed by atoms with Gasteiger partial charge in [-0.1, -0.05) is 37.0 Å². The molecule has 0 fully saturated rings. The van der Waals surface area contributed by atoms with Crippen molar-refractivity contribution in [1.82, 2.24) is 10.3 Å². The van der Waals surface area contributed by atoms with E-state index < -0.39 is 0 Å². The van der Waals surface area contributed by atoms with Crippen molar-refractivity contribution in [3.05, 3.63) is 96.1 Å². The van der Waals surface area contributed by atoms with Crippen LogP contribution >= 0.6 is 0 Å². The summed E-state index contributed by atoms with van der Waals surface area (Å²) in [5, 5.41) is 3.04. The van der Waals surface area contributed by atoms with Gasteiger partial charge in [0.2, 0.25) is 0 Å².